The van der Waals surface area contributed by atoms with Crippen molar-refractivity contribution in [1.82, 2.24) is 0 Å². The molecule has 0 radical (unpaired) electrons. The number of nitrogens with two attached hydrogens (primary N) is 1. The van der Waals surface area contributed by atoms with Crippen LogP contribution in [0.5, 0.6) is 5.75 Å². The van der Waals surface area contributed by atoms with Crippen molar-refractivity contribution in [1.29, 1.82) is 5.26 Å². The van der Waals surface area contributed by atoms with Crippen molar-refractivity contribution >= 4 is 22.4 Å². The Bertz CT molecular complexity index is 1020. The quantitative estimate of drug-likeness (QED) is 0.702. The molecular weight excluding hydrogens is 320 g/mol. The highest BCUT2D eigenvalue weighted by Gasteiger charge is 2.31. The van der Waals surface area contributed by atoms with Crippen LogP contribution in [-0.4, -0.2) is 0 Å². The van der Waals surface area contributed by atoms with Crippen LogP contribution < -0.4 is 10.5 Å². The lowest BCUT2D eigenvalue weighted by Crippen LogP contribution is -2.21. The van der Waals surface area contributed by atoms with Crippen LogP contribution in [0, 0.1) is 11.3 Å². The second-order valence-corrected chi connectivity index (χ2v) is 6.11. The first kappa shape index (κ1) is 14.6. The van der Waals surface area contributed by atoms with Crippen LogP contribution in [0.3, 0.4) is 0 Å². The molecule has 24 heavy (non-hydrogen) atoms. The maximum atomic E-state index is 9.65. The van der Waals surface area contributed by atoms with Gasteiger partial charge in [-0.15, -0.1) is 0 Å². The lowest BCUT2D eigenvalue weighted by Gasteiger charge is -2.27. The van der Waals surface area contributed by atoms with E-state index < -0.39 is 0 Å². The minimum Gasteiger partial charge on any atom is -0.440 e. The van der Waals surface area contributed by atoms with Crippen molar-refractivity contribution in [2.75, 3.05) is 0 Å². The fourth-order valence-corrected chi connectivity index (χ4v) is 3.36. The van der Waals surface area contributed by atoms with E-state index in [4.69, 9.17) is 22.1 Å². The monoisotopic (exact) mass is 332 g/mol. The van der Waals surface area contributed by atoms with E-state index in [0.717, 1.165) is 21.9 Å². The maximum Gasteiger partial charge on any atom is 0.205 e. The van der Waals surface area contributed by atoms with E-state index in [9.17, 15) is 5.26 Å². The Labute approximate surface area is 144 Å². The molecule has 1 heterocycles. The predicted octanol–water partition coefficient (Wildman–Crippen LogP) is 4.71. The third-order valence-corrected chi connectivity index (χ3v) is 4.57. The molecule has 0 saturated heterocycles. The van der Waals surface area contributed by atoms with Crippen LogP contribution in [-0.2, 0) is 0 Å². The minimum atomic E-state index is -0.276. The molecule has 2 N–H and O–H groups in total. The summed E-state index contributed by atoms with van der Waals surface area (Å²) in [7, 11) is 0. The standard InChI is InChI=1S/C20H13ClN2O/c21-14-8-5-13(6-9-14)18-16(11-22)20(23)24-17-10-7-12-3-1-2-4-15(12)19(17)18/h1-10,18H,23H2. The highest BCUT2D eigenvalue weighted by Crippen LogP contribution is 2.45. The Morgan fingerprint density at radius 2 is 1.75 bits per heavy atom. The Kier molecular flexibility index (Phi) is 3.41. The molecule has 0 fully saturated rings. The fourth-order valence-electron chi connectivity index (χ4n) is 3.23. The van der Waals surface area contributed by atoms with Gasteiger partial charge in [0, 0.05) is 10.6 Å². The summed E-state index contributed by atoms with van der Waals surface area (Å²) in [6, 6.07) is 21.7. The summed E-state index contributed by atoms with van der Waals surface area (Å²) in [5.74, 6) is 0.562. The van der Waals surface area contributed by atoms with Crippen molar-refractivity contribution in [3.63, 3.8) is 0 Å². The third kappa shape index (κ3) is 2.20. The van der Waals surface area contributed by atoms with Gasteiger partial charge in [-0.3, -0.25) is 0 Å². The third-order valence-electron chi connectivity index (χ3n) is 4.32. The van der Waals surface area contributed by atoms with Gasteiger partial charge in [0.25, 0.3) is 0 Å². The minimum absolute atomic E-state index is 0.153. The van der Waals surface area contributed by atoms with Crippen LogP contribution in [0.1, 0.15) is 17.0 Å². The van der Waals surface area contributed by atoms with Crippen molar-refractivity contribution in [2.24, 2.45) is 5.73 Å². The fraction of sp³-hybridized carbons (Fsp3) is 0.0500. The number of allylic oxidation sites excluding steroid dienone is 1. The number of ether oxygens (including phenoxy) is 1. The second-order valence-electron chi connectivity index (χ2n) is 5.67. The van der Waals surface area contributed by atoms with Crippen LogP contribution >= 0.6 is 11.6 Å². The molecular formula is C20H13ClN2O. The van der Waals surface area contributed by atoms with Gasteiger partial charge >= 0.3 is 0 Å². The van der Waals surface area contributed by atoms with Gasteiger partial charge in [0.15, 0.2) is 0 Å². The molecule has 4 heteroatoms. The van der Waals surface area contributed by atoms with Gasteiger partial charge in [-0.2, -0.15) is 5.26 Å². The Morgan fingerprint density at radius 3 is 2.50 bits per heavy atom. The molecule has 0 aromatic heterocycles. The molecule has 3 nitrogen and oxygen atoms in total. The molecule has 1 aliphatic rings. The average molecular weight is 333 g/mol. The van der Waals surface area contributed by atoms with Gasteiger partial charge in [-0.1, -0.05) is 54.1 Å². The van der Waals surface area contributed by atoms with Gasteiger partial charge in [-0.05, 0) is 34.5 Å². The number of rotatable bonds is 1. The Morgan fingerprint density at radius 1 is 1.00 bits per heavy atom. The van der Waals surface area contributed by atoms with E-state index in [1.54, 1.807) is 0 Å². The van der Waals surface area contributed by atoms with E-state index in [1.807, 2.05) is 60.7 Å². The molecule has 0 saturated carbocycles. The van der Waals surface area contributed by atoms with E-state index >= 15 is 0 Å². The van der Waals surface area contributed by atoms with Crippen molar-refractivity contribution < 1.29 is 4.74 Å². The lowest BCUT2D eigenvalue weighted by atomic mass is 9.81. The topological polar surface area (TPSA) is 59.0 Å². The maximum absolute atomic E-state index is 9.65. The zero-order valence-electron chi connectivity index (χ0n) is 12.7. The first-order valence-corrected chi connectivity index (χ1v) is 7.91. The van der Waals surface area contributed by atoms with Crippen LogP contribution in [0.2, 0.25) is 5.02 Å². The average Bonchev–Trinajstić information content (AvgIpc) is 2.61. The summed E-state index contributed by atoms with van der Waals surface area (Å²) >= 11 is 6.02. The van der Waals surface area contributed by atoms with Crippen LogP contribution in [0.4, 0.5) is 0 Å². The summed E-state index contributed by atoms with van der Waals surface area (Å²) in [6.45, 7) is 0. The molecule has 0 spiro atoms. The molecule has 1 unspecified atom stereocenters. The van der Waals surface area contributed by atoms with Gasteiger partial charge < -0.3 is 10.5 Å². The molecule has 116 valence electrons. The van der Waals surface area contributed by atoms with Gasteiger partial charge in [0.1, 0.15) is 17.4 Å². The summed E-state index contributed by atoms with van der Waals surface area (Å²) in [5, 5.41) is 12.4. The smallest absolute Gasteiger partial charge is 0.205 e. The Hall–Kier alpha value is -2.96. The van der Waals surface area contributed by atoms with Crippen molar-refractivity contribution in [3.8, 4) is 11.8 Å². The molecule has 3 aromatic rings. The number of nitriles is 1. The summed E-state index contributed by atoms with van der Waals surface area (Å²) in [4.78, 5) is 0. The number of hydrogen-bond acceptors (Lipinski definition) is 3. The highest BCUT2D eigenvalue weighted by atomic mass is 35.5. The lowest BCUT2D eigenvalue weighted by molar-refractivity contribution is 0.395. The zero-order valence-corrected chi connectivity index (χ0v) is 13.4. The van der Waals surface area contributed by atoms with Gasteiger partial charge in [-0.25, -0.2) is 0 Å². The van der Waals surface area contributed by atoms with Crippen molar-refractivity contribution in [2.45, 2.75) is 5.92 Å². The zero-order chi connectivity index (χ0) is 16.7. The number of hydrogen-bond donors (Lipinski definition) is 1. The normalized spacial score (nSPS) is 16.4. The van der Waals surface area contributed by atoms with Crippen molar-refractivity contribution in [3.05, 3.63) is 88.3 Å². The Balaban J connectivity index is 2.05. The second kappa shape index (κ2) is 5.59. The van der Waals surface area contributed by atoms with Crippen LogP contribution in [0.25, 0.3) is 10.8 Å². The number of halogens is 1. The molecule has 3 aromatic carbocycles. The summed E-state index contributed by atoms with van der Waals surface area (Å²) in [6.07, 6.45) is 0. The number of fused-ring (bicyclic) bond motifs is 3. The summed E-state index contributed by atoms with van der Waals surface area (Å²) in [5.41, 5.74) is 8.35. The van der Waals surface area contributed by atoms with E-state index in [0.29, 0.717) is 16.3 Å². The van der Waals surface area contributed by atoms with Gasteiger partial charge in [0.2, 0.25) is 5.88 Å². The summed E-state index contributed by atoms with van der Waals surface area (Å²) < 4.78 is 5.73. The van der Waals surface area contributed by atoms with E-state index in [1.165, 1.54) is 0 Å². The van der Waals surface area contributed by atoms with Crippen LogP contribution in [0.15, 0.2) is 72.1 Å². The predicted molar refractivity (Wildman–Crippen MR) is 94.7 cm³/mol. The molecule has 1 atom stereocenters. The van der Waals surface area contributed by atoms with E-state index in [2.05, 4.69) is 6.07 Å². The largest absolute Gasteiger partial charge is 0.440 e. The molecule has 0 aliphatic carbocycles. The molecule has 0 amide bonds. The number of nitrogens with zero attached hydrogens (tertiary/aromatic N) is 1. The molecule has 1 aliphatic heterocycles. The molecule has 4 rings (SSSR count). The van der Waals surface area contributed by atoms with Gasteiger partial charge in [0.05, 0.1) is 5.92 Å². The first-order valence-electron chi connectivity index (χ1n) is 7.53. The number of benzene rings is 3. The molecule has 0 bridgehead atoms. The first-order chi connectivity index (χ1) is 11.7. The SMILES string of the molecule is N#CC1=C(N)Oc2ccc3ccccc3c2C1c1ccc(Cl)cc1. The van der Waals surface area contributed by atoms with E-state index in [-0.39, 0.29) is 11.8 Å². The highest BCUT2D eigenvalue weighted by molar-refractivity contribution is 6.30.